The zero-order valence-corrected chi connectivity index (χ0v) is 5.84. The molecule has 2 heteroatoms. The monoisotopic (exact) mass is 130 g/mol. The minimum atomic E-state index is -0.578. The van der Waals surface area contributed by atoms with Crippen molar-refractivity contribution >= 4 is 0 Å². The summed E-state index contributed by atoms with van der Waals surface area (Å²) in [6.07, 6.45) is 3.33. The number of ether oxygens (including phenoxy) is 1. The molecule has 0 saturated heterocycles. The smallest absolute Gasteiger partial charge is 0.151 e. The summed E-state index contributed by atoms with van der Waals surface area (Å²) in [6.45, 7) is 2.40. The maximum absolute atomic E-state index is 8.70. The molecule has 0 spiro atoms. The fourth-order valence-corrected chi connectivity index (χ4v) is 0.935. The first-order valence-electron chi connectivity index (χ1n) is 3.58. The molecule has 1 fully saturated rings. The van der Waals surface area contributed by atoms with Gasteiger partial charge in [0.15, 0.2) is 6.29 Å². The summed E-state index contributed by atoms with van der Waals surface area (Å²) >= 11 is 0. The third-order valence-electron chi connectivity index (χ3n) is 1.80. The summed E-state index contributed by atoms with van der Waals surface area (Å²) in [5.74, 6) is 0.736. The van der Waals surface area contributed by atoms with Gasteiger partial charge < -0.3 is 9.84 Å². The molecular weight excluding hydrogens is 116 g/mol. The SMILES string of the molecule is CC(O)OCC1CCC1. The molecule has 0 aromatic rings. The first-order chi connectivity index (χ1) is 4.29. The Kier molecular flexibility index (Phi) is 2.49. The molecule has 1 saturated carbocycles. The van der Waals surface area contributed by atoms with Gasteiger partial charge in [-0.1, -0.05) is 6.42 Å². The van der Waals surface area contributed by atoms with Crippen LogP contribution in [0.25, 0.3) is 0 Å². The van der Waals surface area contributed by atoms with Crippen LogP contribution in [0.5, 0.6) is 0 Å². The van der Waals surface area contributed by atoms with Gasteiger partial charge in [0.05, 0.1) is 6.61 Å². The molecule has 1 rings (SSSR count). The molecule has 0 bridgehead atoms. The van der Waals surface area contributed by atoms with Crippen LogP contribution in [-0.4, -0.2) is 18.0 Å². The molecule has 0 radical (unpaired) electrons. The van der Waals surface area contributed by atoms with E-state index in [1.54, 1.807) is 6.92 Å². The molecule has 1 aliphatic rings. The van der Waals surface area contributed by atoms with Crippen molar-refractivity contribution < 1.29 is 9.84 Å². The van der Waals surface area contributed by atoms with Gasteiger partial charge in [0.25, 0.3) is 0 Å². The van der Waals surface area contributed by atoms with E-state index in [9.17, 15) is 0 Å². The largest absolute Gasteiger partial charge is 0.368 e. The second-order valence-electron chi connectivity index (χ2n) is 2.73. The summed E-state index contributed by atoms with van der Waals surface area (Å²) in [6, 6.07) is 0. The van der Waals surface area contributed by atoms with Crippen LogP contribution in [0.4, 0.5) is 0 Å². The molecule has 1 unspecified atom stereocenters. The van der Waals surface area contributed by atoms with E-state index >= 15 is 0 Å². The molecule has 54 valence electrons. The van der Waals surface area contributed by atoms with Crippen LogP contribution in [-0.2, 0) is 4.74 Å². The quantitative estimate of drug-likeness (QED) is 0.580. The Labute approximate surface area is 55.8 Å². The second-order valence-corrected chi connectivity index (χ2v) is 2.73. The van der Waals surface area contributed by atoms with Gasteiger partial charge >= 0.3 is 0 Å². The lowest BCUT2D eigenvalue weighted by Gasteiger charge is -2.25. The Balaban J connectivity index is 1.91. The molecule has 0 aromatic carbocycles. The van der Waals surface area contributed by atoms with Crippen molar-refractivity contribution in [3.8, 4) is 0 Å². The van der Waals surface area contributed by atoms with Gasteiger partial charge in [-0.2, -0.15) is 0 Å². The molecule has 9 heavy (non-hydrogen) atoms. The lowest BCUT2D eigenvalue weighted by molar-refractivity contribution is -0.103. The van der Waals surface area contributed by atoms with Crippen molar-refractivity contribution in [3.63, 3.8) is 0 Å². The molecule has 1 atom stereocenters. The van der Waals surface area contributed by atoms with Gasteiger partial charge in [0.1, 0.15) is 0 Å². The maximum atomic E-state index is 8.70. The van der Waals surface area contributed by atoms with E-state index in [4.69, 9.17) is 9.84 Å². The minimum Gasteiger partial charge on any atom is -0.368 e. The van der Waals surface area contributed by atoms with Crippen LogP contribution in [0.2, 0.25) is 0 Å². The van der Waals surface area contributed by atoms with E-state index in [1.807, 2.05) is 0 Å². The van der Waals surface area contributed by atoms with Gasteiger partial charge in [-0.3, -0.25) is 0 Å². The fourth-order valence-electron chi connectivity index (χ4n) is 0.935. The number of aliphatic hydroxyl groups excluding tert-OH is 1. The van der Waals surface area contributed by atoms with Crippen molar-refractivity contribution in [2.75, 3.05) is 6.61 Å². The number of rotatable bonds is 3. The highest BCUT2D eigenvalue weighted by atomic mass is 16.6. The lowest BCUT2D eigenvalue weighted by Crippen LogP contribution is -2.20. The average Bonchev–Trinajstić information content (AvgIpc) is 1.60. The van der Waals surface area contributed by atoms with Crippen LogP contribution in [0.1, 0.15) is 26.2 Å². The maximum Gasteiger partial charge on any atom is 0.151 e. The van der Waals surface area contributed by atoms with Crippen molar-refractivity contribution in [3.05, 3.63) is 0 Å². The van der Waals surface area contributed by atoms with Crippen LogP contribution in [0.3, 0.4) is 0 Å². The Morgan fingerprint density at radius 2 is 2.33 bits per heavy atom. The van der Waals surface area contributed by atoms with Gasteiger partial charge in [-0.15, -0.1) is 0 Å². The Morgan fingerprint density at radius 1 is 1.67 bits per heavy atom. The highest BCUT2D eigenvalue weighted by Crippen LogP contribution is 2.26. The minimum absolute atomic E-state index is 0.578. The van der Waals surface area contributed by atoms with E-state index in [0.29, 0.717) is 0 Å². The summed E-state index contributed by atoms with van der Waals surface area (Å²) in [5.41, 5.74) is 0. The van der Waals surface area contributed by atoms with Crippen LogP contribution in [0.15, 0.2) is 0 Å². The van der Waals surface area contributed by atoms with Gasteiger partial charge in [-0.05, 0) is 25.7 Å². The number of hydrogen-bond acceptors (Lipinski definition) is 2. The molecule has 0 amide bonds. The molecule has 0 aliphatic heterocycles. The van der Waals surface area contributed by atoms with Crippen molar-refractivity contribution in [1.82, 2.24) is 0 Å². The van der Waals surface area contributed by atoms with Gasteiger partial charge in [0, 0.05) is 0 Å². The predicted molar refractivity (Wildman–Crippen MR) is 35.0 cm³/mol. The number of hydrogen-bond donors (Lipinski definition) is 1. The summed E-state index contributed by atoms with van der Waals surface area (Å²) in [5, 5.41) is 8.70. The van der Waals surface area contributed by atoms with E-state index in [-0.39, 0.29) is 0 Å². The van der Waals surface area contributed by atoms with Crippen LogP contribution in [0, 0.1) is 5.92 Å². The normalized spacial score (nSPS) is 23.3. The summed E-state index contributed by atoms with van der Waals surface area (Å²) < 4.78 is 5.00. The van der Waals surface area contributed by atoms with E-state index in [2.05, 4.69) is 0 Å². The Hall–Kier alpha value is -0.0800. The van der Waals surface area contributed by atoms with Gasteiger partial charge in [-0.25, -0.2) is 0 Å². The van der Waals surface area contributed by atoms with Crippen molar-refractivity contribution in [2.45, 2.75) is 32.5 Å². The first-order valence-corrected chi connectivity index (χ1v) is 3.58. The van der Waals surface area contributed by atoms with Crippen LogP contribution < -0.4 is 0 Å². The van der Waals surface area contributed by atoms with Crippen molar-refractivity contribution in [1.29, 1.82) is 0 Å². The van der Waals surface area contributed by atoms with Gasteiger partial charge in [0.2, 0.25) is 0 Å². The summed E-state index contributed by atoms with van der Waals surface area (Å²) in [7, 11) is 0. The highest BCUT2D eigenvalue weighted by molar-refractivity contribution is 4.68. The average molecular weight is 130 g/mol. The fraction of sp³-hybridized carbons (Fsp3) is 1.00. The third kappa shape index (κ3) is 2.33. The zero-order chi connectivity index (χ0) is 6.69. The molecule has 0 heterocycles. The van der Waals surface area contributed by atoms with Crippen LogP contribution >= 0.6 is 0 Å². The standard InChI is InChI=1S/C7H14O2/c1-6(8)9-5-7-3-2-4-7/h6-8H,2-5H2,1H3. The predicted octanol–water partition coefficient (Wildman–Crippen LogP) is 1.14. The second kappa shape index (κ2) is 3.18. The first kappa shape index (κ1) is 7.03. The summed E-state index contributed by atoms with van der Waals surface area (Å²) in [4.78, 5) is 0. The highest BCUT2D eigenvalue weighted by Gasteiger charge is 2.17. The molecule has 2 nitrogen and oxygen atoms in total. The number of aliphatic hydroxyl groups is 1. The molecule has 1 aliphatic carbocycles. The molecule has 0 aromatic heterocycles. The Morgan fingerprint density at radius 3 is 2.67 bits per heavy atom. The van der Waals surface area contributed by atoms with Crippen molar-refractivity contribution in [2.24, 2.45) is 5.92 Å². The lowest BCUT2D eigenvalue weighted by atomic mass is 9.86. The molecular formula is C7H14O2. The van der Waals surface area contributed by atoms with E-state index < -0.39 is 6.29 Å². The van der Waals surface area contributed by atoms with E-state index in [0.717, 1.165) is 12.5 Å². The molecule has 1 N–H and O–H groups in total. The Bertz CT molecular complexity index is 77.0. The topological polar surface area (TPSA) is 29.5 Å². The zero-order valence-electron chi connectivity index (χ0n) is 5.84. The third-order valence-corrected chi connectivity index (χ3v) is 1.80. The van der Waals surface area contributed by atoms with E-state index in [1.165, 1.54) is 19.3 Å².